The predicted octanol–water partition coefficient (Wildman–Crippen LogP) is 6.33. The Labute approximate surface area is 174 Å². The first-order valence-electron chi connectivity index (χ1n) is 12.1. The van der Waals surface area contributed by atoms with Gasteiger partial charge in [-0.05, 0) is 33.6 Å². The summed E-state index contributed by atoms with van der Waals surface area (Å²) in [5.74, 6) is 0. The number of unbranched alkanes of at least 4 members (excludes halogenated alkanes) is 15. The molecule has 0 N–H and O–H groups in total. The molecule has 0 unspecified atom stereocenters. The molecule has 0 amide bonds. The molecule has 0 saturated carbocycles. The Morgan fingerprint density at radius 2 is 0.654 bits per heavy atom. The minimum absolute atomic E-state index is 0. The van der Waals surface area contributed by atoms with Crippen LogP contribution in [0.2, 0.25) is 0 Å². The van der Waals surface area contributed by atoms with E-state index >= 15 is 0 Å². The maximum Gasteiger partial charge on any atom is 0.0594 e. The van der Waals surface area contributed by atoms with E-state index in [1.54, 1.807) is 6.16 Å². The summed E-state index contributed by atoms with van der Waals surface area (Å²) in [6, 6.07) is 0. The monoisotopic (exact) mass is 406 g/mol. The summed E-state index contributed by atoms with van der Waals surface area (Å²) in [6.07, 6.45) is 29.7. The van der Waals surface area contributed by atoms with E-state index in [-0.39, 0.29) is 12.4 Å². The van der Waals surface area contributed by atoms with Crippen molar-refractivity contribution in [2.24, 2.45) is 0 Å². The Bertz CT molecular complexity index is 242. The van der Waals surface area contributed by atoms with Crippen molar-refractivity contribution in [2.75, 3.05) is 24.6 Å². The van der Waals surface area contributed by atoms with Crippen LogP contribution in [-0.4, -0.2) is 24.6 Å². The van der Waals surface area contributed by atoms with Crippen LogP contribution >= 0.6 is 7.26 Å². The van der Waals surface area contributed by atoms with Gasteiger partial charge in [-0.3, -0.25) is 0 Å². The smallest absolute Gasteiger partial charge is 0.0594 e. The van der Waals surface area contributed by atoms with Gasteiger partial charge in [0, 0.05) is 7.26 Å². The first-order valence-corrected chi connectivity index (χ1v) is 14.6. The Morgan fingerprint density at radius 3 is 0.923 bits per heavy atom. The molecule has 0 radical (unpaired) electrons. The molecule has 0 aliphatic heterocycles. The Morgan fingerprint density at radius 1 is 0.385 bits per heavy atom. The highest BCUT2D eigenvalue weighted by molar-refractivity contribution is 7.75. The van der Waals surface area contributed by atoms with Gasteiger partial charge < -0.3 is 12.4 Å². The van der Waals surface area contributed by atoms with Crippen LogP contribution in [-0.2, 0) is 0 Å². The summed E-state index contributed by atoms with van der Waals surface area (Å²) in [5.41, 5.74) is 0. The number of hydrogen-bond donors (Lipinski definition) is 0. The molecule has 0 nitrogen and oxygen atoms in total. The molecule has 0 fully saturated rings. The van der Waals surface area contributed by atoms with E-state index in [9.17, 15) is 0 Å². The van der Waals surface area contributed by atoms with Gasteiger partial charge in [-0.2, -0.15) is 0 Å². The lowest BCUT2D eigenvalue weighted by Crippen LogP contribution is -3.00. The van der Waals surface area contributed by atoms with E-state index in [2.05, 4.69) is 27.7 Å². The van der Waals surface area contributed by atoms with Crippen LogP contribution in [0.5, 0.6) is 0 Å². The van der Waals surface area contributed by atoms with Crippen molar-refractivity contribution in [1.29, 1.82) is 0 Å². The Balaban J connectivity index is 0. The minimum atomic E-state index is -0.527. The van der Waals surface area contributed by atoms with Crippen molar-refractivity contribution in [2.45, 2.75) is 130 Å². The molecule has 0 aliphatic rings. The molecule has 0 spiro atoms. The molecule has 26 heavy (non-hydrogen) atoms. The SMILES string of the molecule is CCCCCCCCCCCCCCCCCC[P+](CC)(CC)CC.[Cl-]. The topological polar surface area (TPSA) is 0 Å². The highest BCUT2D eigenvalue weighted by Crippen LogP contribution is 2.58. The molecule has 0 bridgehead atoms. The second-order valence-electron chi connectivity index (χ2n) is 8.32. The van der Waals surface area contributed by atoms with Crippen molar-refractivity contribution >= 4 is 7.26 Å². The molecule has 0 aromatic heterocycles. The number of hydrogen-bond acceptors (Lipinski definition) is 0. The molecule has 0 heterocycles. The second-order valence-corrected chi connectivity index (χ2v) is 13.3. The normalized spacial score (nSPS) is 11.5. The fourth-order valence-electron chi connectivity index (χ4n) is 4.14. The first kappa shape index (κ1) is 28.9. The van der Waals surface area contributed by atoms with E-state index in [0.717, 1.165) is 0 Å². The van der Waals surface area contributed by atoms with Crippen LogP contribution in [0, 0.1) is 0 Å². The molecule has 0 aromatic carbocycles. The standard InChI is InChI=1S/C24H52P.ClH/c1-5-9-10-11-12-13-14-15-16-17-18-19-20-21-22-23-24-25(6-2,7-3)8-4;/h5-24H2,1-4H3;1H/q+1;/p-1. The molecule has 2 heteroatoms. The zero-order chi connectivity index (χ0) is 18.6. The summed E-state index contributed by atoms with van der Waals surface area (Å²) in [4.78, 5) is 0. The molecule has 0 atom stereocenters. The fourth-order valence-corrected chi connectivity index (χ4v) is 7.33. The van der Waals surface area contributed by atoms with Crippen molar-refractivity contribution in [1.82, 2.24) is 0 Å². The van der Waals surface area contributed by atoms with Crippen LogP contribution < -0.4 is 12.4 Å². The largest absolute Gasteiger partial charge is 1.00 e. The lowest BCUT2D eigenvalue weighted by atomic mass is 10.0. The molecule has 0 rings (SSSR count). The van der Waals surface area contributed by atoms with Gasteiger partial charge >= 0.3 is 0 Å². The Hall–Kier alpha value is 0.720. The second kappa shape index (κ2) is 22.0. The lowest BCUT2D eigenvalue weighted by Gasteiger charge is -2.23. The minimum Gasteiger partial charge on any atom is -1.00 e. The third-order valence-corrected chi connectivity index (χ3v) is 11.8. The molecule has 0 aliphatic carbocycles. The van der Waals surface area contributed by atoms with Gasteiger partial charge in [0.05, 0.1) is 24.6 Å². The van der Waals surface area contributed by atoms with Gasteiger partial charge in [0.25, 0.3) is 0 Å². The lowest BCUT2D eigenvalue weighted by molar-refractivity contribution is -0.00000575. The van der Waals surface area contributed by atoms with Crippen LogP contribution in [0.1, 0.15) is 130 Å². The van der Waals surface area contributed by atoms with Crippen LogP contribution in [0.25, 0.3) is 0 Å². The van der Waals surface area contributed by atoms with Crippen LogP contribution in [0.15, 0.2) is 0 Å². The molecule has 0 aromatic rings. The van der Waals surface area contributed by atoms with Crippen molar-refractivity contribution in [3.05, 3.63) is 0 Å². The van der Waals surface area contributed by atoms with Gasteiger partial charge in [0.1, 0.15) is 0 Å². The fraction of sp³-hybridized carbons (Fsp3) is 1.00. The molecule has 0 saturated heterocycles. The molecular formula is C24H52ClP. The Kier molecular flexibility index (Phi) is 24.5. The van der Waals surface area contributed by atoms with Gasteiger partial charge in [-0.25, -0.2) is 0 Å². The van der Waals surface area contributed by atoms with E-state index in [1.165, 1.54) is 121 Å². The van der Waals surface area contributed by atoms with Crippen LogP contribution in [0.3, 0.4) is 0 Å². The summed E-state index contributed by atoms with van der Waals surface area (Å²) in [6.45, 7) is 9.62. The van der Waals surface area contributed by atoms with E-state index in [0.29, 0.717) is 0 Å². The molecular weight excluding hydrogens is 355 g/mol. The summed E-state index contributed by atoms with van der Waals surface area (Å²) in [7, 11) is -0.527. The van der Waals surface area contributed by atoms with E-state index in [1.807, 2.05) is 0 Å². The van der Waals surface area contributed by atoms with Crippen LogP contribution in [0.4, 0.5) is 0 Å². The maximum absolute atomic E-state index is 2.44. The zero-order valence-electron chi connectivity index (χ0n) is 19.0. The van der Waals surface area contributed by atoms with Gasteiger partial charge in [-0.1, -0.05) is 96.8 Å². The zero-order valence-corrected chi connectivity index (χ0v) is 20.6. The maximum atomic E-state index is 2.44. The summed E-state index contributed by atoms with van der Waals surface area (Å²) >= 11 is 0. The quantitative estimate of drug-likeness (QED) is 0.164. The van der Waals surface area contributed by atoms with Crippen molar-refractivity contribution < 1.29 is 12.4 Å². The average Bonchev–Trinajstić information content (AvgIpc) is 2.65. The third kappa shape index (κ3) is 16.9. The average molecular weight is 407 g/mol. The van der Waals surface area contributed by atoms with Crippen molar-refractivity contribution in [3.8, 4) is 0 Å². The van der Waals surface area contributed by atoms with Gasteiger partial charge in [-0.15, -0.1) is 0 Å². The summed E-state index contributed by atoms with van der Waals surface area (Å²) in [5, 5.41) is 0. The van der Waals surface area contributed by atoms with E-state index < -0.39 is 7.26 Å². The number of rotatable bonds is 20. The highest BCUT2D eigenvalue weighted by Gasteiger charge is 2.29. The number of halogens is 1. The van der Waals surface area contributed by atoms with Gasteiger partial charge in [0.2, 0.25) is 0 Å². The third-order valence-electron chi connectivity index (χ3n) is 6.50. The first-order chi connectivity index (χ1) is 12.2. The van der Waals surface area contributed by atoms with E-state index in [4.69, 9.17) is 0 Å². The predicted molar refractivity (Wildman–Crippen MR) is 123 cm³/mol. The molecule has 160 valence electrons. The van der Waals surface area contributed by atoms with Crippen molar-refractivity contribution in [3.63, 3.8) is 0 Å². The van der Waals surface area contributed by atoms with Gasteiger partial charge in [0.15, 0.2) is 0 Å². The summed E-state index contributed by atoms with van der Waals surface area (Å²) < 4.78 is 0. The highest BCUT2D eigenvalue weighted by atomic mass is 35.5.